The van der Waals surface area contributed by atoms with Gasteiger partial charge in [0.15, 0.2) is 0 Å². The average molecular weight is 425 g/mol. The van der Waals surface area contributed by atoms with Gasteiger partial charge in [-0.05, 0) is 60.7 Å². The van der Waals surface area contributed by atoms with Crippen LogP contribution in [0, 0.1) is 0 Å². The van der Waals surface area contributed by atoms with Gasteiger partial charge in [0.05, 0.1) is 22.4 Å². The molecule has 0 saturated heterocycles. The van der Waals surface area contributed by atoms with E-state index in [1.54, 1.807) is 6.20 Å². The Balaban J connectivity index is 1.52. The molecule has 3 aromatic heterocycles. The molecule has 156 valence electrons. The summed E-state index contributed by atoms with van der Waals surface area (Å²) in [5.41, 5.74) is 5.68. The highest BCUT2D eigenvalue weighted by Gasteiger charge is 2.15. The summed E-state index contributed by atoms with van der Waals surface area (Å²) < 4.78 is 0. The minimum atomic E-state index is 0.856. The number of rotatable bonds is 4. The molecule has 3 heterocycles. The number of fused-ring (bicyclic) bond motifs is 3. The summed E-state index contributed by atoms with van der Waals surface area (Å²) in [5, 5.41) is 2.11. The van der Waals surface area contributed by atoms with E-state index in [9.17, 15) is 0 Å². The standard InChI is InChI=1S/C29H20N4/c1-3-9-22(10-4-1)33(23-11-5-2-6-12-23)28-19-16-24-25(31-28)17-14-21-15-18-27(32-29(21)24)26-13-7-8-20-30-26/h1-20H. The van der Waals surface area contributed by atoms with Crippen LogP contribution in [0.5, 0.6) is 0 Å². The van der Waals surface area contributed by atoms with Gasteiger partial charge in [-0.3, -0.25) is 9.88 Å². The van der Waals surface area contributed by atoms with Gasteiger partial charge in [0.25, 0.3) is 0 Å². The van der Waals surface area contributed by atoms with Crippen LogP contribution >= 0.6 is 0 Å². The van der Waals surface area contributed by atoms with Crippen LogP contribution < -0.4 is 4.90 Å². The molecule has 0 bridgehead atoms. The molecule has 0 amide bonds. The summed E-state index contributed by atoms with van der Waals surface area (Å²) in [5.74, 6) is 0.861. The maximum Gasteiger partial charge on any atom is 0.138 e. The van der Waals surface area contributed by atoms with Crippen molar-refractivity contribution in [2.24, 2.45) is 0 Å². The Hall–Kier alpha value is -4.57. The lowest BCUT2D eigenvalue weighted by Gasteiger charge is -2.24. The minimum absolute atomic E-state index is 0.856. The maximum atomic E-state index is 5.05. The van der Waals surface area contributed by atoms with Crippen molar-refractivity contribution in [1.29, 1.82) is 0 Å². The lowest BCUT2D eigenvalue weighted by Crippen LogP contribution is -2.11. The number of pyridine rings is 3. The Morgan fingerprint density at radius 3 is 1.91 bits per heavy atom. The van der Waals surface area contributed by atoms with Crippen LogP contribution in [0.3, 0.4) is 0 Å². The van der Waals surface area contributed by atoms with E-state index >= 15 is 0 Å². The highest BCUT2D eigenvalue weighted by molar-refractivity contribution is 6.05. The first-order valence-corrected chi connectivity index (χ1v) is 10.9. The first-order chi connectivity index (χ1) is 16.4. The molecule has 4 heteroatoms. The summed E-state index contributed by atoms with van der Waals surface area (Å²) in [4.78, 5) is 16.6. The molecule has 0 unspecified atom stereocenters. The molecular formula is C29H20N4. The molecular weight excluding hydrogens is 404 g/mol. The lowest BCUT2D eigenvalue weighted by atomic mass is 10.1. The van der Waals surface area contributed by atoms with Crippen LogP contribution in [-0.4, -0.2) is 15.0 Å². The van der Waals surface area contributed by atoms with Crippen molar-refractivity contribution in [1.82, 2.24) is 15.0 Å². The van der Waals surface area contributed by atoms with Crippen LogP contribution in [0.15, 0.2) is 121 Å². The van der Waals surface area contributed by atoms with Gasteiger partial charge in [-0.2, -0.15) is 0 Å². The summed E-state index contributed by atoms with van der Waals surface area (Å²) in [6.07, 6.45) is 1.79. The predicted molar refractivity (Wildman–Crippen MR) is 135 cm³/mol. The van der Waals surface area contributed by atoms with E-state index in [4.69, 9.17) is 9.97 Å². The van der Waals surface area contributed by atoms with E-state index < -0.39 is 0 Å². The second kappa shape index (κ2) is 8.17. The zero-order valence-electron chi connectivity index (χ0n) is 17.8. The minimum Gasteiger partial charge on any atom is -0.295 e. The van der Waals surface area contributed by atoms with Gasteiger partial charge in [0, 0.05) is 28.3 Å². The molecule has 0 aliphatic rings. The van der Waals surface area contributed by atoms with Gasteiger partial charge in [-0.1, -0.05) is 54.6 Å². The third-order valence-electron chi connectivity index (χ3n) is 5.70. The molecule has 4 nitrogen and oxygen atoms in total. The zero-order chi connectivity index (χ0) is 22.0. The number of hydrogen-bond donors (Lipinski definition) is 0. The normalized spacial score (nSPS) is 11.0. The SMILES string of the molecule is c1ccc(N(c2ccccc2)c2ccc3c(ccc4ccc(-c5ccccn5)nc43)n2)cc1. The molecule has 0 N–H and O–H groups in total. The molecule has 6 aromatic rings. The molecule has 33 heavy (non-hydrogen) atoms. The van der Waals surface area contributed by atoms with Gasteiger partial charge in [-0.25, -0.2) is 9.97 Å². The van der Waals surface area contributed by atoms with E-state index in [0.717, 1.165) is 50.4 Å². The van der Waals surface area contributed by atoms with Crippen molar-refractivity contribution < 1.29 is 0 Å². The third-order valence-corrected chi connectivity index (χ3v) is 5.70. The number of nitrogens with zero attached hydrogens (tertiary/aromatic N) is 4. The second-order valence-corrected chi connectivity index (χ2v) is 7.79. The van der Waals surface area contributed by atoms with E-state index in [1.165, 1.54) is 0 Å². The Morgan fingerprint density at radius 2 is 1.21 bits per heavy atom. The smallest absolute Gasteiger partial charge is 0.138 e. The van der Waals surface area contributed by atoms with Gasteiger partial charge in [-0.15, -0.1) is 0 Å². The summed E-state index contributed by atoms with van der Waals surface area (Å²) in [6.45, 7) is 0. The molecule has 0 aliphatic heterocycles. The number of aromatic nitrogens is 3. The van der Waals surface area contributed by atoms with Crippen molar-refractivity contribution in [2.75, 3.05) is 4.90 Å². The molecule has 0 spiro atoms. The maximum absolute atomic E-state index is 5.05. The van der Waals surface area contributed by atoms with Crippen LogP contribution in [-0.2, 0) is 0 Å². The predicted octanol–water partition coefficient (Wildman–Crippen LogP) is 7.31. The highest BCUT2D eigenvalue weighted by atomic mass is 15.2. The van der Waals surface area contributed by atoms with Crippen LogP contribution in [0.2, 0.25) is 0 Å². The number of para-hydroxylation sites is 2. The van der Waals surface area contributed by atoms with Gasteiger partial charge < -0.3 is 0 Å². The molecule has 0 radical (unpaired) electrons. The summed E-state index contributed by atoms with van der Waals surface area (Å²) in [7, 11) is 0. The summed E-state index contributed by atoms with van der Waals surface area (Å²) in [6, 6.07) is 38.9. The van der Waals surface area contributed by atoms with Crippen molar-refractivity contribution in [2.45, 2.75) is 0 Å². The topological polar surface area (TPSA) is 41.9 Å². The van der Waals surface area contributed by atoms with E-state index in [1.807, 2.05) is 60.7 Å². The van der Waals surface area contributed by atoms with Crippen LogP contribution in [0.1, 0.15) is 0 Å². The first kappa shape index (κ1) is 19.1. The average Bonchev–Trinajstić information content (AvgIpc) is 2.90. The Labute approximate surface area is 191 Å². The quantitative estimate of drug-likeness (QED) is 0.278. The molecule has 0 saturated carbocycles. The van der Waals surface area contributed by atoms with Crippen molar-refractivity contribution in [3.63, 3.8) is 0 Å². The van der Waals surface area contributed by atoms with E-state index in [-0.39, 0.29) is 0 Å². The Morgan fingerprint density at radius 1 is 0.515 bits per heavy atom. The zero-order valence-corrected chi connectivity index (χ0v) is 17.8. The number of anilines is 3. The highest BCUT2D eigenvalue weighted by Crippen LogP contribution is 2.35. The fraction of sp³-hybridized carbons (Fsp3) is 0. The molecule has 0 fully saturated rings. The molecule has 3 aromatic carbocycles. The van der Waals surface area contributed by atoms with Crippen LogP contribution in [0.25, 0.3) is 33.2 Å². The number of benzene rings is 3. The lowest BCUT2D eigenvalue weighted by molar-refractivity contribution is 1.21. The van der Waals surface area contributed by atoms with Crippen molar-refractivity contribution in [3.8, 4) is 11.4 Å². The largest absolute Gasteiger partial charge is 0.295 e. The van der Waals surface area contributed by atoms with Crippen LogP contribution in [0.4, 0.5) is 17.2 Å². The van der Waals surface area contributed by atoms with Gasteiger partial charge >= 0.3 is 0 Å². The van der Waals surface area contributed by atoms with E-state index in [0.29, 0.717) is 0 Å². The number of hydrogen-bond acceptors (Lipinski definition) is 4. The van der Waals surface area contributed by atoms with Gasteiger partial charge in [0.1, 0.15) is 5.82 Å². The molecule has 6 rings (SSSR count). The first-order valence-electron chi connectivity index (χ1n) is 10.9. The second-order valence-electron chi connectivity index (χ2n) is 7.79. The van der Waals surface area contributed by atoms with Crippen molar-refractivity contribution >= 4 is 39.0 Å². The fourth-order valence-electron chi connectivity index (χ4n) is 4.13. The molecule has 0 aliphatic carbocycles. The Bertz CT molecular complexity index is 1510. The summed E-state index contributed by atoms with van der Waals surface area (Å²) >= 11 is 0. The Kier molecular flexibility index (Phi) is 4.74. The fourth-order valence-corrected chi connectivity index (χ4v) is 4.13. The monoisotopic (exact) mass is 424 g/mol. The van der Waals surface area contributed by atoms with E-state index in [2.05, 4.69) is 64.5 Å². The van der Waals surface area contributed by atoms with Gasteiger partial charge in [0.2, 0.25) is 0 Å². The third kappa shape index (κ3) is 3.58. The molecule has 0 atom stereocenters. The van der Waals surface area contributed by atoms with Crippen molar-refractivity contribution in [3.05, 3.63) is 121 Å².